The summed E-state index contributed by atoms with van der Waals surface area (Å²) in [6, 6.07) is 6.51. The summed E-state index contributed by atoms with van der Waals surface area (Å²) in [6.07, 6.45) is 1.05. The zero-order valence-electron chi connectivity index (χ0n) is 12.7. The summed E-state index contributed by atoms with van der Waals surface area (Å²) in [5.41, 5.74) is 1.92. The van der Waals surface area contributed by atoms with E-state index < -0.39 is 8.32 Å². The molecular formula is C16H25FOSi. The molecule has 0 amide bonds. The minimum atomic E-state index is -1.64. The van der Waals surface area contributed by atoms with Crippen molar-refractivity contribution in [3.05, 3.63) is 42.2 Å². The van der Waals surface area contributed by atoms with Crippen molar-refractivity contribution in [2.75, 3.05) is 0 Å². The van der Waals surface area contributed by atoms with Gasteiger partial charge in [0.05, 0.1) is 6.10 Å². The second-order valence-corrected chi connectivity index (χ2v) is 10.5. The van der Waals surface area contributed by atoms with Crippen LogP contribution in [0.4, 0.5) is 4.39 Å². The second kappa shape index (κ2) is 6.48. The first-order valence-corrected chi connectivity index (χ1v) is 10.3. The van der Waals surface area contributed by atoms with Crippen molar-refractivity contribution in [3.8, 4) is 0 Å². The first kappa shape index (κ1) is 16.1. The Morgan fingerprint density at radius 1 is 1.26 bits per heavy atom. The average molecular weight is 280 g/mol. The molecular weight excluding hydrogens is 255 g/mol. The van der Waals surface area contributed by atoms with Crippen LogP contribution in [-0.2, 0) is 4.43 Å². The van der Waals surface area contributed by atoms with Gasteiger partial charge in [-0.05, 0) is 48.8 Å². The molecule has 1 aromatic carbocycles. The van der Waals surface area contributed by atoms with E-state index in [1.165, 1.54) is 12.1 Å². The molecule has 0 aliphatic carbocycles. The molecule has 1 nitrogen and oxygen atoms in total. The summed E-state index contributed by atoms with van der Waals surface area (Å²) < 4.78 is 19.3. The van der Waals surface area contributed by atoms with Gasteiger partial charge in [0.15, 0.2) is 8.32 Å². The van der Waals surface area contributed by atoms with E-state index in [1.807, 2.05) is 0 Å². The lowest BCUT2D eigenvalue weighted by atomic mass is 9.92. The first-order valence-electron chi connectivity index (χ1n) is 6.87. The van der Waals surface area contributed by atoms with Crippen LogP contribution in [-0.4, -0.2) is 14.4 Å². The highest BCUT2D eigenvalue weighted by molar-refractivity contribution is 6.69. The summed E-state index contributed by atoms with van der Waals surface area (Å²) in [7, 11) is -1.64. The van der Waals surface area contributed by atoms with Crippen molar-refractivity contribution in [1.29, 1.82) is 0 Å². The molecule has 0 radical (unpaired) electrons. The van der Waals surface area contributed by atoms with Gasteiger partial charge in [0.1, 0.15) is 5.82 Å². The fourth-order valence-corrected chi connectivity index (χ4v) is 3.09. The summed E-state index contributed by atoms with van der Waals surface area (Å²) in [4.78, 5) is 0. The van der Waals surface area contributed by atoms with Gasteiger partial charge in [-0.1, -0.05) is 39.0 Å². The minimum absolute atomic E-state index is 0.0159. The number of rotatable bonds is 6. The SMILES string of the molecule is C=C(c1ccc(F)cc1)C(O[Si](C)(C)C)C(C)CC. The first-order chi connectivity index (χ1) is 8.74. The molecule has 0 aliphatic rings. The van der Waals surface area contributed by atoms with Crippen LogP contribution in [0, 0.1) is 11.7 Å². The maximum Gasteiger partial charge on any atom is 0.184 e. The van der Waals surface area contributed by atoms with Crippen LogP contribution in [0.15, 0.2) is 30.8 Å². The highest BCUT2D eigenvalue weighted by atomic mass is 28.4. The van der Waals surface area contributed by atoms with Crippen molar-refractivity contribution in [1.82, 2.24) is 0 Å². The van der Waals surface area contributed by atoms with Gasteiger partial charge < -0.3 is 4.43 Å². The molecule has 19 heavy (non-hydrogen) atoms. The lowest BCUT2D eigenvalue weighted by molar-refractivity contribution is 0.187. The smallest absolute Gasteiger partial charge is 0.184 e. The minimum Gasteiger partial charge on any atom is -0.410 e. The molecule has 1 rings (SSSR count). The number of hydrogen-bond acceptors (Lipinski definition) is 1. The van der Waals surface area contributed by atoms with Crippen molar-refractivity contribution in [2.45, 2.75) is 46.0 Å². The Hall–Kier alpha value is -0.933. The van der Waals surface area contributed by atoms with E-state index in [-0.39, 0.29) is 11.9 Å². The largest absolute Gasteiger partial charge is 0.410 e. The van der Waals surface area contributed by atoms with Crippen molar-refractivity contribution in [2.24, 2.45) is 5.92 Å². The Morgan fingerprint density at radius 2 is 1.79 bits per heavy atom. The van der Waals surface area contributed by atoms with Crippen molar-refractivity contribution >= 4 is 13.9 Å². The molecule has 0 N–H and O–H groups in total. The summed E-state index contributed by atoms with van der Waals surface area (Å²) in [6.45, 7) is 15.1. The van der Waals surface area contributed by atoms with E-state index in [4.69, 9.17) is 4.43 Å². The topological polar surface area (TPSA) is 9.23 Å². The average Bonchev–Trinajstić information content (AvgIpc) is 2.34. The van der Waals surface area contributed by atoms with Crippen LogP contribution < -0.4 is 0 Å². The molecule has 0 saturated heterocycles. The van der Waals surface area contributed by atoms with Gasteiger partial charge in [-0.15, -0.1) is 0 Å². The predicted molar refractivity (Wildman–Crippen MR) is 83.1 cm³/mol. The van der Waals surface area contributed by atoms with E-state index in [1.54, 1.807) is 12.1 Å². The molecule has 1 aromatic rings. The van der Waals surface area contributed by atoms with E-state index in [2.05, 4.69) is 40.1 Å². The van der Waals surface area contributed by atoms with E-state index in [0.717, 1.165) is 17.6 Å². The Kier molecular flexibility index (Phi) is 5.50. The lowest BCUT2D eigenvalue weighted by Crippen LogP contribution is -2.36. The summed E-state index contributed by atoms with van der Waals surface area (Å²) in [5.74, 6) is 0.187. The normalized spacial score (nSPS) is 15.1. The fraction of sp³-hybridized carbons (Fsp3) is 0.500. The zero-order valence-corrected chi connectivity index (χ0v) is 13.7. The molecule has 0 spiro atoms. The predicted octanol–water partition coefficient (Wildman–Crippen LogP) is 5.11. The van der Waals surface area contributed by atoms with Crippen molar-refractivity contribution < 1.29 is 8.82 Å². The van der Waals surface area contributed by atoms with Gasteiger partial charge in [0.25, 0.3) is 0 Å². The maximum absolute atomic E-state index is 13.0. The monoisotopic (exact) mass is 280 g/mol. The zero-order chi connectivity index (χ0) is 14.6. The van der Waals surface area contributed by atoms with E-state index in [9.17, 15) is 4.39 Å². The molecule has 0 aliphatic heterocycles. The third kappa shape index (κ3) is 4.92. The van der Waals surface area contributed by atoms with Gasteiger partial charge in [0.2, 0.25) is 0 Å². The molecule has 0 aromatic heterocycles. The standard InChI is InChI=1S/C16H25FOSi/c1-7-12(2)16(18-19(4,5)6)13(3)14-8-10-15(17)11-9-14/h8-12,16H,3,7H2,1-2,4-6H3. The second-order valence-electron chi connectivity index (χ2n) is 6.07. The van der Waals surface area contributed by atoms with Crippen LogP contribution in [0.5, 0.6) is 0 Å². The molecule has 0 bridgehead atoms. The molecule has 0 fully saturated rings. The Morgan fingerprint density at radius 3 is 2.21 bits per heavy atom. The van der Waals surface area contributed by atoms with E-state index in [0.29, 0.717) is 5.92 Å². The number of hydrogen-bond donors (Lipinski definition) is 0. The third-order valence-electron chi connectivity index (χ3n) is 3.20. The van der Waals surface area contributed by atoms with Gasteiger partial charge in [-0.2, -0.15) is 0 Å². The Bertz CT molecular complexity index is 419. The van der Waals surface area contributed by atoms with Crippen molar-refractivity contribution in [3.63, 3.8) is 0 Å². The Balaban J connectivity index is 2.97. The van der Waals surface area contributed by atoms with Gasteiger partial charge in [-0.3, -0.25) is 0 Å². The molecule has 2 atom stereocenters. The van der Waals surface area contributed by atoms with Crippen LogP contribution in [0.1, 0.15) is 25.8 Å². The summed E-state index contributed by atoms with van der Waals surface area (Å²) >= 11 is 0. The quantitative estimate of drug-likeness (QED) is 0.658. The van der Waals surface area contributed by atoms with Gasteiger partial charge in [0, 0.05) is 0 Å². The third-order valence-corrected chi connectivity index (χ3v) is 4.16. The fourth-order valence-electron chi connectivity index (χ4n) is 1.95. The Labute approximate surface area is 117 Å². The van der Waals surface area contributed by atoms with Gasteiger partial charge in [-0.25, -0.2) is 4.39 Å². The number of benzene rings is 1. The molecule has 0 heterocycles. The highest BCUT2D eigenvalue weighted by Gasteiger charge is 2.27. The maximum atomic E-state index is 13.0. The number of halogens is 1. The molecule has 3 heteroatoms. The van der Waals surface area contributed by atoms with E-state index >= 15 is 0 Å². The lowest BCUT2D eigenvalue weighted by Gasteiger charge is -2.32. The van der Waals surface area contributed by atoms with Gasteiger partial charge >= 0.3 is 0 Å². The van der Waals surface area contributed by atoms with Crippen LogP contribution in [0.3, 0.4) is 0 Å². The molecule has 0 saturated carbocycles. The molecule has 106 valence electrons. The van der Waals surface area contributed by atoms with Crippen LogP contribution in [0.2, 0.25) is 19.6 Å². The van der Waals surface area contributed by atoms with Crippen LogP contribution in [0.25, 0.3) is 5.57 Å². The summed E-state index contributed by atoms with van der Waals surface area (Å²) in [5, 5.41) is 0. The van der Waals surface area contributed by atoms with Crippen LogP contribution >= 0.6 is 0 Å². The molecule has 2 unspecified atom stereocenters. The highest BCUT2D eigenvalue weighted by Crippen LogP contribution is 2.29.